The first-order valence-corrected chi connectivity index (χ1v) is 18.9. The number of anilines is 2. The molecule has 252 valence electrons. The van der Waals surface area contributed by atoms with E-state index < -0.39 is 10.0 Å². The van der Waals surface area contributed by atoms with Crippen LogP contribution in [0.5, 0.6) is 0 Å². The Kier molecular flexibility index (Phi) is 7.09. The molecular formula is C46H30N4O2S. The Morgan fingerprint density at radius 1 is 0.434 bits per heavy atom. The van der Waals surface area contributed by atoms with Gasteiger partial charge >= 0.3 is 0 Å². The number of aromatic nitrogens is 3. The first-order chi connectivity index (χ1) is 26.0. The standard InChI is InChI=1S/C46H30N4O2S/c51-53(52)45-27-25-34(33-24-26-43-38(28-33)36-20-10-12-22-42(36)49(43)35-18-8-3-9-19-35)29-39(45)37-21-11-13-23-44(37)50(53)46-47-40(31-14-4-1-5-15-31)30-41(48-46)32-16-6-2-7-17-32/h1-30H. The minimum Gasteiger partial charge on any atom is -0.309 e. The summed E-state index contributed by atoms with van der Waals surface area (Å²) in [6, 6.07) is 59.9. The van der Waals surface area contributed by atoms with Gasteiger partial charge in [0.25, 0.3) is 10.0 Å². The molecule has 6 nitrogen and oxygen atoms in total. The number of para-hydroxylation sites is 3. The van der Waals surface area contributed by atoms with Gasteiger partial charge in [0.05, 0.1) is 33.0 Å². The van der Waals surface area contributed by atoms with Crippen molar-refractivity contribution >= 4 is 43.5 Å². The van der Waals surface area contributed by atoms with Crippen LogP contribution in [-0.4, -0.2) is 23.0 Å². The number of benzene rings is 7. The summed E-state index contributed by atoms with van der Waals surface area (Å²) >= 11 is 0. The van der Waals surface area contributed by atoms with Crippen LogP contribution >= 0.6 is 0 Å². The van der Waals surface area contributed by atoms with Gasteiger partial charge in [0.1, 0.15) is 0 Å². The lowest BCUT2D eigenvalue weighted by Crippen LogP contribution is -2.31. The van der Waals surface area contributed by atoms with Gasteiger partial charge in [0, 0.05) is 38.7 Å². The van der Waals surface area contributed by atoms with Gasteiger partial charge in [-0.2, -0.15) is 0 Å². The molecule has 2 aromatic heterocycles. The molecule has 0 bridgehead atoms. The lowest BCUT2D eigenvalue weighted by atomic mass is 9.96. The number of fused-ring (bicyclic) bond motifs is 6. The maximum absolute atomic E-state index is 14.8. The van der Waals surface area contributed by atoms with Gasteiger partial charge in [-0.3, -0.25) is 0 Å². The maximum Gasteiger partial charge on any atom is 0.271 e. The molecule has 9 aromatic rings. The van der Waals surface area contributed by atoms with Gasteiger partial charge in [0.15, 0.2) is 0 Å². The molecule has 0 saturated heterocycles. The zero-order chi connectivity index (χ0) is 35.5. The molecule has 3 heterocycles. The van der Waals surface area contributed by atoms with Crippen molar-refractivity contribution in [3.05, 3.63) is 182 Å². The third-order valence-corrected chi connectivity index (χ3v) is 11.7. The normalized spacial score (nSPS) is 13.2. The lowest BCUT2D eigenvalue weighted by molar-refractivity contribution is 0.595. The zero-order valence-electron chi connectivity index (χ0n) is 28.3. The van der Waals surface area contributed by atoms with Crippen LogP contribution in [0.3, 0.4) is 0 Å². The highest BCUT2D eigenvalue weighted by Gasteiger charge is 2.38. The van der Waals surface area contributed by atoms with E-state index >= 15 is 0 Å². The molecule has 0 aliphatic carbocycles. The molecule has 0 atom stereocenters. The van der Waals surface area contributed by atoms with E-state index in [-0.39, 0.29) is 10.8 Å². The first kappa shape index (κ1) is 30.9. The summed E-state index contributed by atoms with van der Waals surface area (Å²) in [5.74, 6) is 0.0904. The van der Waals surface area contributed by atoms with E-state index in [2.05, 4.69) is 71.3 Å². The monoisotopic (exact) mass is 702 g/mol. The summed E-state index contributed by atoms with van der Waals surface area (Å²) in [5.41, 5.74) is 10.2. The average Bonchev–Trinajstić information content (AvgIpc) is 3.55. The van der Waals surface area contributed by atoms with Crippen LogP contribution in [0.4, 0.5) is 11.6 Å². The molecule has 0 fully saturated rings. The van der Waals surface area contributed by atoms with E-state index in [9.17, 15) is 8.42 Å². The van der Waals surface area contributed by atoms with E-state index in [1.807, 2.05) is 109 Å². The molecule has 0 saturated carbocycles. The Hall–Kier alpha value is -6.83. The molecule has 7 aromatic carbocycles. The van der Waals surface area contributed by atoms with Crippen LogP contribution in [0.2, 0.25) is 0 Å². The molecule has 0 radical (unpaired) electrons. The fourth-order valence-corrected chi connectivity index (χ4v) is 9.11. The minimum atomic E-state index is -4.13. The topological polar surface area (TPSA) is 68.1 Å². The van der Waals surface area contributed by atoms with Gasteiger partial charge in [-0.15, -0.1) is 0 Å². The smallest absolute Gasteiger partial charge is 0.271 e. The quantitative estimate of drug-likeness (QED) is 0.179. The maximum atomic E-state index is 14.8. The van der Waals surface area contributed by atoms with Crippen LogP contribution in [-0.2, 0) is 10.0 Å². The SMILES string of the molecule is O=S1(=O)c2ccc(-c3ccc4c(c3)c3ccccc3n4-c3ccccc3)cc2-c2ccccc2N1c1nc(-c2ccccc2)cc(-c2ccccc2)n1. The molecule has 0 amide bonds. The molecule has 7 heteroatoms. The van der Waals surface area contributed by atoms with E-state index in [0.29, 0.717) is 22.6 Å². The van der Waals surface area contributed by atoms with Gasteiger partial charge in [-0.05, 0) is 65.7 Å². The number of hydrogen-bond donors (Lipinski definition) is 0. The molecule has 0 N–H and O–H groups in total. The predicted octanol–water partition coefficient (Wildman–Crippen LogP) is 11.1. The van der Waals surface area contributed by atoms with Crippen molar-refractivity contribution in [1.29, 1.82) is 0 Å². The summed E-state index contributed by atoms with van der Waals surface area (Å²) in [4.78, 5) is 10.00. The number of nitrogens with zero attached hydrogens (tertiary/aromatic N) is 4. The van der Waals surface area contributed by atoms with Crippen molar-refractivity contribution in [3.8, 4) is 50.5 Å². The molecule has 10 rings (SSSR count). The van der Waals surface area contributed by atoms with Crippen molar-refractivity contribution in [2.45, 2.75) is 4.90 Å². The average molecular weight is 703 g/mol. The van der Waals surface area contributed by atoms with Crippen molar-refractivity contribution in [1.82, 2.24) is 14.5 Å². The van der Waals surface area contributed by atoms with Gasteiger partial charge in [-0.1, -0.05) is 127 Å². The highest BCUT2D eigenvalue weighted by Crippen LogP contribution is 2.47. The fraction of sp³-hybridized carbons (Fsp3) is 0. The lowest BCUT2D eigenvalue weighted by Gasteiger charge is -2.31. The summed E-state index contributed by atoms with van der Waals surface area (Å²) in [7, 11) is -4.13. The summed E-state index contributed by atoms with van der Waals surface area (Å²) < 4.78 is 33.2. The van der Waals surface area contributed by atoms with E-state index in [1.165, 1.54) is 4.31 Å². The molecule has 53 heavy (non-hydrogen) atoms. The van der Waals surface area contributed by atoms with Crippen molar-refractivity contribution < 1.29 is 8.42 Å². The number of sulfonamides is 1. The Bertz CT molecular complexity index is 2900. The Morgan fingerprint density at radius 3 is 1.72 bits per heavy atom. The van der Waals surface area contributed by atoms with E-state index in [0.717, 1.165) is 55.3 Å². The number of hydrogen-bond acceptors (Lipinski definition) is 4. The van der Waals surface area contributed by atoms with Crippen LogP contribution in [0.1, 0.15) is 0 Å². The van der Waals surface area contributed by atoms with Crippen molar-refractivity contribution in [2.24, 2.45) is 0 Å². The summed E-state index contributed by atoms with van der Waals surface area (Å²) in [6.45, 7) is 0. The highest BCUT2D eigenvalue weighted by molar-refractivity contribution is 7.93. The second kappa shape index (κ2) is 12.1. The third-order valence-electron chi connectivity index (χ3n) is 9.97. The van der Waals surface area contributed by atoms with Crippen LogP contribution in [0.15, 0.2) is 187 Å². The Labute approximate surface area is 307 Å². The highest BCUT2D eigenvalue weighted by atomic mass is 32.2. The third kappa shape index (κ3) is 5.05. The van der Waals surface area contributed by atoms with Crippen molar-refractivity contribution in [2.75, 3.05) is 4.31 Å². The molecule has 1 aliphatic heterocycles. The second-order valence-electron chi connectivity index (χ2n) is 13.1. The summed E-state index contributed by atoms with van der Waals surface area (Å²) in [5, 5.41) is 2.28. The first-order valence-electron chi connectivity index (χ1n) is 17.4. The molecule has 1 aliphatic rings. The summed E-state index contributed by atoms with van der Waals surface area (Å²) in [6.07, 6.45) is 0. The molecule has 0 unspecified atom stereocenters. The largest absolute Gasteiger partial charge is 0.309 e. The van der Waals surface area contributed by atoms with Gasteiger partial charge < -0.3 is 4.57 Å². The second-order valence-corrected chi connectivity index (χ2v) is 14.8. The Morgan fingerprint density at radius 2 is 1.00 bits per heavy atom. The molecule has 0 spiro atoms. The van der Waals surface area contributed by atoms with E-state index in [4.69, 9.17) is 9.97 Å². The zero-order valence-corrected chi connectivity index (χ0v) is 29.2. The van der Waals surface area contributed by atoms with E-state index in [1.54, 1.807) is 6.07 Å². The van der Waals surface area contributed by atoms with Crippen molar-refractivity contribution in [3.63, 3.8) is 0 Å². The van der Waals surface area contributed by atoms with Gasteiger partial charge in [0.2, 0.25) is 5.95 Å². The number of rotatable bonds is 5. The van der Waals surface area contributed by atoms with Gasteiger partial charge in [-0.25, -0.2) is 22.7 Å². The fourth-order valence-electron chi connectivity index (χ4n) is 7.51. The van der Waals surface area contributed by atoms with Crippen LogP contribution < -0.4 is 4.31 Å². The molecular weight excluding hydrogens is 673 g/mol. The van der Waals surface area contributed by atoms with Crippen LogP contribution in [0, 0.1) is 0 Å². The minimum absolute atomic E-state index is 0.0904. The van der Waals surface area contributed by atoms with Crippen LogP contribution in [0.25, 0.3) is 72.3 Å². The predicted molar refractivity (Wildman–Crippen MR) is 214 cm³/mol. The Balaban J connectivity index is 1.13.